The maximum atomic E-state index is 12.9. The van der Waals surface area contributed by atoms with E-state index in [9.17, 15) is 14.7 Å². The maximum Gasteiger partial charge on any atom is 0.373 e. The number of rotatable bonds is 16. The van der Waals surface area contributed by atoms with Crippen molar-refractivity contribution in [2.24, 2.45) is 0 Å². The first-order valence-electron chi connectivity index (χ1n) is 9.17. The molecule has 0 aliphatic rings. The fourth-order valence-electron chi connectivity index (χ4n) is 2.09. The van der Waals surface area contributed by atoms with Crippen LogP contribution in [0, 0.1) is 0 Å². The zero-order valence-corrected chi connectivity index (χ0v) is 18.6. The summed E-state index contributed by atoms with van der Waals surface area (Å²) in [6.07, 6.45) is 4.29. The molecule has 0 saturated carbocycles. The Kier molecular flexibility index (Phi) is 17.5. The van der Waals surface area contributed by atoms with Crippen molar-refractivity contribution in [1.82, 2.24) is 0 Å². The van der Waals surface area contributed by atoms with Gasteiger partial charge in [0.1, 0.15) is 6.10 Å². The summed E-state index contributed by atoms with van der Waals surface area (Å²) in [5.41, 5.74) is 0. The van der Waals surface area contributed by atoms with Crippen molar-refractivity contribution < 1.29 is 55.1 Å². The molecule has 7 heteroatoms. The largest absolute Gasteiger partial charge is 0.477 e. The van der Waals surface area contributed by atoms with E-state index in [1.165, 1.54) is 0 Å². The number of ether oxygens (including phenoxy) is 3. The van der Waals surface area contributed by atoms with E-state index >= 15 is 0 Å². The Hall–Kier alpha value is -0.0969. The van der Waals surface area contributed by atoms with Crippen molar-refractivity contribution >= 4 is 11.8 Å². The minimum atomic E-state index is -2.27. The van der Waals surface area contributed by atoms with Gasteiger partial charge in [-0.1, -0.05) is 47.0 Å². The van der Waals surface area contributed by atoms with E-state index in [0.717, 1.165) is 25.7 Å². The van der Waals surface area contributed by atoms with Crippen molar-refractivity contribution in [1.29, 1.82) is 0 Å². The van der Waals surface area contributed by atoms with Crippen LogP contribution in [0.15, 0.2) is 0 Å². The van der Waals surface area contributed by atoms with Gasteiger partial charge in [0.2, 0.25) is 5.78 Å². The molecule has 0 aliphatic heterocycles. The third kappa shape index (κ3) is 9.41. The zero-order chi connectivity index (χ0) is 18.4. The predicted octanol–water partition coefficient (Wildman–Crippen LogP) is 3.56. The molecule has 0 spiro atoms. The number of unbranched alkanes of at least 4 members (excludes halogenated alkanes) is 3. The molecule has 0 aromatic rings. The average Bonchev–Trinajstić information content (AvgIpc) is 2.57. The van der Waals surface area contributed by atoms with Gasteiger partial charge in [-0.2, -0.15) is 0 Å². The van der Waals surface area contributed by atoms with Gasteiger partial charge in [-0.3, -0.25) is 4.79 Å². The Morgan fingerprint density at radius 3 is 1.68 bits per heavy atom. The van der Waals surface area contributed by atoms with E-state index in [2.05, 4.69) is 0 Å². The third-order valence-corrected chi connectivity index (χ3v) is 3.69. The van der Waals surface area contributed by atoms with Crippen LogP contribution in [-0.2, 0) is 50.0 Å². The molecule has 0 aliphatic carbocycles. The van der Waals surface area contributed by atoms with Crippen LogP contribution in [0.1, 0.15) is 72.6 Å². The van der Waals surface area contributed by atoms with Crippen LogP contribution in [0.25, 0.3) is 0 Å². The van der Waals surface area contributed by atoms with Crippen LogP contribution in [0.2, 0.25) is 0 Å². The second-order valence-electron chi connectivity index (χ2n) is 5.81. The van der Waals surface area contributed by atoms with E-state index in [0.29, 0.717) is 25.9 Å². The van der Waals surface area contributed by atoms with Crippen LogP contribution < -0.4 is 0 Å². The minimum absolute atomic E-state index is 0. The monoisotopic (exact) mass is 436 g/mol. The summed E-state index contributed by atoms with van der Waals surface area (Å²) >= 11 is 0. The molecule has 0 fully saturated rings. The first kappa shape index (κ1) is 27.1. The summed E-state index contributed by atoms with van der Waals surface area (Å²) in [5, 5.41) is 9.68. The van der Waals surface area contributed by atoms with Crippen LogP contribution in [0.3, 0.4) is 0 Å². The van der Waals surface area contributed by atoms with Crippen molar-refractivity contribution in [3.05, 3.63) is 0 Å². The summed E-state index contributed by atoms with van der Waals surface area (Å²) in [4.78, 5) is 24.7. The first-order chi connectivity index (χ1) is 11.5. The van der Waals surface area contributed by atoms with Crippen molar-refractivity contribution in [3.8, 4) is 0 Å². The molecule has 146 valence electrons. The molecule has 0 amide bonds. The summed E-state index contributed by atoms with van der Waals surface area (Å²) in [5.74, 6) is -4.32. The second-order valence-corrected chi connectivity index (χ2v) is 5.81. The van der Waals surface area contributed by atoms with E-state index < -0.39 is 23.6 Å². The number of hydrogen-bond donors (Lipinski definition) is 1. The zero-order valence-electron chi connectivity index (χ0n) is 16.1. The van der Waals surface area contributed by atoms with Crippen molar-refractivity contribution in [2.45, 2.75) is 84.5 Å². The molecule has 0 bridgehead atoms. The molecule has 0 aromatic heterocycles. The van der Waals surface area contributed by atoms with Crippen LogP contribution >= 0.6 is 0 Å². The Morgan fingerprint density at radius 1 is 0.880 bits per heavy atom. The smallest absolute Gasteiger partial charge is 0.373 e. The van der Waals surface area contributed by atoms with E-state index in [1.807, 2.05) is 20.8 Å². The number of aliphatic carboxylic acids is 1. The molecule has 25 heavy (non-hydrogen) atoms. The van der Waals surface area contributed by atoms with Gasteiger partial charge in [0.05, 0.1) is 13.2 Å². The van der Waals surface area contributed by atoms with Gasteiger partial charge in [-0.25, -0.2) is 4.79 Å². The maximum absolute atomic E-state index is 12.9. The average molecular weight is 438 g/mol. The van der Waals surface area contributed by atoms with Gasteiger partial charge in [0, 0.05) is 32.8 Å². The summed E-state index contributed by atoms with van der Waals surface area (Å²) < 4.78 is 16.5. The van der Waals surface area contributed by atoms with E-state index in [4.69, 9.17) is 14.2 Å². The van der Waals surface area contributed by atoms with Gasteiger partial charge in [0.15, 0.2) is 0 Å². The number of carboxylic acid groups (broad SMARTS) is 1. The number of Topliss-reactive ketones (excluding diaryl/α,β-unsaturated/α-hetero) is 1. The fourth-order valence-corrected chi connectivity index (χ4v) is 2.09. The molecule has 0 radical (unpaired) electrons. The topological polar surface area (TPSA) is 82.1 Å². The normalized spacial score (nSPS) is 12.5. The van der Waals surface area contributed by atoms with E-state index in [-0.39, 0.29) is 39.4 Å². The summed E-state index contributed by atoms with van der Waals surface area (Å²) in [6.45, 7) is 8.48. The van der Waals surface area contributed by atoms with Gasteiger partial charge >= 0.3 is 11.8 Å². The first-order valence-corrected chi connectivity index (χ1v) is 9.17. The molecule has 1 unspecified atom stereocenters. The Balaban J connectivity index is 0. The number of carboxylic acids is 1. The molecule has 6 nitrogen and oxygen atoms in total. The molecular formula is C18H34O6Zr. The molecule has 0 heterocycles. The third-order valence-electron chi connectivity index (χ3n) is 3.69. The molecule has 1 atom stereocenters. The molecule has 0 saturated heterocycles. The minimum Gasteiger partial charge on any atom is -0.477 e. The van der Waals surface area contributed by atoms with Crippen molar-refractivity contribution in [2.75, 3.05) is 19.8 Å². The number of ketones is 1. The Labute approximate surface area is 171 Å². The number of hydrogen-bond acceptors (Lipinski definition) is 5. The van der Waals surface area contributed by atoms with Gasteiger partial charge in [0.25, 0.3) is 0 Å². The predicted molar refractivity (Wildman–Crippen MR) is 92.0 cm³/mol. The van der Waals surface area contributed by atoms with Crippen molar-refractivity contribution in [3.63, 3.8) is 0 Å². The second kappa shape index (κ2) is 16.1. The van der Waals surface area contributed by atoms with Crippen LogP contribution in [0.5, 0.6) is 0 Å². The quantitative estimate of drug-likeness (QED) is 0.226. The fraction of sp³-hybridized carbons (Fsp3) is 0.889. The standard InChI is InChI=1S/C18H34O6.Zr/c1-5-9-12-22-15(8-4)16(19)18(17(20)21,23-13-10-6-2)24-14-11-7-3;/h15H,5-14H2,1-4H3,(H,20,21);. The van der Waals surface area contributed by atoms with Crippen LogP contribution in [-0.4, -0.2) is 48.6 Å². The molecule has 0 aromatic carbocycles. The van der Waals surface area contributed by atoms with E-state index in [1.54, 1.807) is 6.92 Å². The van der Waals surface area contributed by atoms with Gasteiger partial charge in [-0.15, -0.1) is 0 Å². The molecule has 1 N–H and O–H groups in total. The Bertz CT molecular complexity index is 351. The number of carbonyl (C=O) groups excluding carboxylic acids is 1. The van der Waals surface area contributed by atoms with Gasteiger partial charge < -0.3 is 19.3 Å². The summed E-state index contributed by atoms with van der Waals surface area (Å²) in [6, 6.07) is 0. The Morgan fingerprint density at radius 2 is 1.32 bits per heavy atom. The van der Waals surface area contributed by atoms with Gasteiger partial charge in [-0.05, 0) is 25.7 Å². The SMILES string of the molecule is CCCCOC(CC)C(=O)C(OCCCC)(OCCCC)C(=O)O.[Zr]. The van der Waals surface area contributed by atoms with Crippen LogP contribution in [0.4, 0.5) is 0 Å². The summed E-state index contributed by atoms with van der Waals surface area (Å²) in [7, 11) is 0. The number of carbonyl (C=O) groups is 2. The molecule has 0 rings (SSSR count). The molecular weight excluding hydrogens is 403 g/mol.